The molecule has 22 heavy (non-hydrogen) atoms. The minimum atomic E-state index is -0.154. The molecule has 122 valence electrons. The van der Waals surface area contributed by atoms with Crippen molar-refractivity contribution in [2.75, 3.05) is 33.3 Å². The molecule has 0 saturated heterocycles. The highest BCUT2D eigenvalue weighted by Crippen LogP contribution is 2.10. The molecule has 0 bridgehead atoms. The Balaban J connectivity index is 0.00000441. The van der Waals surface area contributed by atoms with E-state index >= 15 is 0 Å². The predicted octanol–water partition coefficient (Wildman–Crippen LogP) is -0.148. The number of rotatable bonds is 7. The molecule has 0 aliphatic carbocycles. The molecule has 0 spiro atoms. The lowest BCUT2D eigenvalue weighted by molar-refractivity contribution is -0.914. The second kappa shape index (κ2) is 11.3. The van der Waals surface area contributed by atoms with E-state index in [-0.39, 0.29) is 23.0 Å². The maximum absolute atomic E-state index is 11.7. The lowest BCUT2D eigenvalue weighted by atomic mass is 10.2. The van der Waals surface area contributed by atoms with E-state index < -0.39 is 0 Å². The van der Waals surface area contributed by atoms with Crippen LogP contribution in [-0.4, -0.2) is 43.7 Å². The van der Waals surface area contributed by atoms with Gasteiger partial charge in [-0.15, -0.1) is 0 Å². The van der Waals surface area contributed by atoms with Crippen LogP contribution in [0.3, 0.4) is 0 Å². The van der Waals surface area contributed by atoms with E-state index in [1.165, 1.54) is 7.11 Å². The number of methoxy groups -OCH3 is 1. The van der Waals surface area contributed by atoms with Crippen LogP contribution in [0.15, 0.2) is 30.3 Å². The summed E-state index contributed by atoms with van der Waals surface area (Å²) in [5.74, 6) is 6.29. The van der Waals surface area contributed by atoms with Crippen molar-refractivity contribution in [3.63, 3.8) is 0 Å². The van der Waals surface area contributed by atoms with Gasteiger partial charge in [-0.3, -0.25) is 0 Å². The van der Waals surface area contributed by atoms with E-state index in [9.17, 15) is 4.79 Å². The van der Waals surface area contributed by atoms with Crippen molar-refractivity contribution in [2.24, 2.45) is 0 Å². The quantitative estimate of drug-likeness (QED) is 0.380. The third kappa shape index (κ3) is 7.11. The fraction of sp³-hybridized carbons (Fsp3) is 0.500. The van der Waals surface area contributed by atoms with Crippen LogP contribution in [0.1, 0.15) is 32.3 Å². The summed E-state index contributed by atoms with van der Waals surface area (Å²) in [5.41, 5.74) is 1.02. The number of hydrogen-bond donors (Lipinski definition) is 0. The van der Waals surface area contributed by atoms with Gasteiger partial charge in [0.2, 0.25) is 0 Å². The fourth-order valence-electron chi connectivity index (χ4n) is 2.60. The van der Waals surface area contributed by atoms with Gasteiger partial charge in [-0.05, 0) is 30.9 Å². The van der Waals surface area contributed by atoms with Gasteiger partial charge in [0.15, 0.2) is 6.54 Å². The number of benzene rings is 1. The standard InChI is InChI=1S/C18H26NO2.BrH/c1-4-13-19(14-5-2,16-18(20)21-3)15-9-12-17-10-7-6-8-11-17;/h6-8,10-11H,4-5,13-16H2,1-3H3;1H/q+1;/p-1. The molecule has 0 unspecified atom stereocenters. The summed E-state index contributed by atoms with van der Waals surface area (Å²) in [5, 5.41) is 0. The van der Waals surface area contributed by atoms with Crippen molar-refractivity contribution in [3.05, 3.63) is 35.9 Å². The SMILES string of the molecule is CCC[N+](CC#Cc1ccccc1)(CCC)CC(=O)OC.[Br-]. The van der Waals surface area contributed by atoms with Crippen molar-refractivity contribution in [1.82, 2.24) is 0 Å². The van der Waals surface area contributed by atoms with E-state index in [0.717, 1.165) is 31.5 Å². The monoisotopic (exact) mass is 367 g/mol. The van der Waals surface area contributed by atoms with E-state index in [1.54, 1.807) is 0 Å². The van der Waals surface area contributed by atoms with E-state index in [4.69, 9.17) is 4.74 Å². The van der Waals surface area contributed by atoms with Crippen LogP contribution in [0.25, 0.3) is 0 Å². The maximum atomic E-state index is 11.7. The van der Waals surface area contributed by atoms with Gasteiger partial charge < -0.3 is 26.2 Å². The van der Waals surface area contributed by atoms with E-state index in [2.05, 4.69) is 25.7 Å². The Labute approximate surface area is 145 Å². The third-order valence-electron chi connectivity index (χ3n) is 3.51. The zero-order valence-electron chi connectivity index (χ0n) is 13.8. The van der Waals surface area contributed by atoms with Crippen molar-refractivity contribution < 1.29 is 31.0 Å². The number of nitrogens with zero attached hydrogens (tertiary/aromatic N) is 1. The van der Waals surface area contributed by atoms with E-state index in [0.29, 0.717) is 17.6 Å². The van der Waals surface area contributed by atoms with Crippen LogP contribution < -0.4 is 17.0 Å². The van der Waals surface area contributed by atoms with Crippen LogP contribution in [-0.2, 0) is 9.53 Å². The van der Waals surface area contributed by atoms with Gasteiger partial charge in [-0.1, -0.05) is 38.0 Å². The number of hydrogen-bond acceptors (Lipinski definition) is 2. The lowest BCUT2D eigenvalue weighted by Crippen LogP contribution is -3.00. The first kappa shape index (κ1) is 20.7. The normalized spacial score (nSPS) is 10.1. The van der Waals surface area contributed by atoms with Crippen LogP contribution in [0.4, 0.5) is 0 Å². The lowest BCUT2D eigenvalue weighted by Gasteiger charge is -2.35. The first-order valence-corrected chi connectivity index (χ1v) is 7.61. The molecule has 3 nitrogen and oxygen atoms in total. The molecule has 0 saturated carbocycles. The molecule has 0 radical (unpaired) electrons. The predicted molar refractivity (Wildman–Crippen MR) is 85.6 cm³/mol. The van der Waals surface area contributed by atoms with Crippen molar-refractivity contribution in [2.45, 2.75) is 26.7 Å². The highest BCUT2D eigenvalue weighted by molar-refractivity contribution is 5.70. The molecular formula is C18H26BrNO2. The highest BCUT2D eigenvalue weighted by Gasteiger charge is 2.28. The number of halogens is 1. The maximum Gasteiger partial charge on any atom is 0.361 e. The summed E-state index contributed by atoms with van der Waals surface area (Å²) >= 11 is 0. The van der Waals surface area contributed by atoms with Gasteiger partial charge in [0.1, 0.15) is 6.54 Å². The largest absolute Gasteiger partial charge is 1.00 e. The topological polar surface area (TPSA) is 26.3 Å². The Bertz CT molecular complexity index is 485. The van der Waals surface area contributed by atoms with Crippen molar-refractivity contribution in [1.29, 1.82) is 0 Å². The smallest absolute Gasteiger partial charge is 0.361 e. The third-order valence-corrected chi connectivity index (χ3v) is 3.51. The second-order valence-electron chi connectivity index (χ2n) is 5.35. The number of carbonyl (C=O) groups is 1. The Morgan fingerprint density at radius 1 is 1.14 bits per heavy atom. The Morgan fingerprint density at radius 2 is 1.73 bits per heavy atom. The molecule has 0 aliphatic rings. The zero-order valence-corrected chi connectivity index (χ0v) is 15.4. The van der Waals surface area contributed by atoms with Gasteiger partial charge in [-0.25, -0.2) is 4.79 Å². The molecule has 0 N–H and O–H groups in total. The average Bonchev–Trinajstić information content (AvgIpc) is 2.48. The van der Waals surface area contributed by atoms with Gasteiger partial charge >= 0.3 is 5.97 Å². The number of esters is 1. The summed E-state index contributed by atoms with van der Waals surface area (Å²) in [6, 6.07) is 9.96. The Hall–Kier alpha value is -1.31. The average molecular weight is 368 g/mol. The molecule has 1 aromatic carbocycles. The molecule has 0 heterocycles. The van der Waals surface area contributed by atoms with Crippen molar-refractivity contribution in [3.8, 4) is 11.8 Å². The number of quaternary nitrogens is 1. The summed E-state index contributed by atoms with van der Waals surface area (Å²) in [7, 11) is 1.45. The fourth-order valence-corrected chi connectivity index (χ4v) is 2.60. The Kier molecular flexibility index (Phi) is 10.6. The minimum Gasteiger partial charge on any atom is -1.00 e. The Morgan fingerprint density at radius 3 is 2.23 bits per heavy atom. The highest BCUT2D eigenvalue weighted by atomic mass is 79.9. The van der Waals surface area contributed by atoms with Crippen molar-refractivity contribution >= 4 is 5.97 Å². The summed E-state index contributed by atoms with van der Waals surface area (Å²) in [6.07, 6.45) is 2.06. The molecule has 0 atom stereocenters. The molecular weight excluding hydrogens is 342 g/mol. The second-order valence-corrected chi connectivity index (χ2v) is 5.35. The first-order chi connectivity index (χ1) is 10.2. The molecule has 0 fully saturated rings. The van der Waals surface area contributed by atoms with Gasteiger partial charge in [0.05, 0.1) is 20.2 Å². The molecule has 1 rings (SSSR count). The van der Waals surface area contributed by atoms with Crippen LogP contribution in [0.2, 0.25) is 0 Å². The minimum absolute atomic E-state index is 0. The van der Waals surface area contributed by atoms with Gasteiger partial charge in [0.25, 0.3) is 0 Å². The molecule has 1 aromatic rings. The molecule has 0 aliphatic heterocycles. The summed E-state index contributed by atoms with van der Waals surface area (Å²) in [6.45, 7) is 7.28. The van der Waals surface area contributed by atoms with Gasteiger partial charge in [0, 0.05) is 5.56 Å². The van der Waals surface area contributed by atoms with E-state index in [1.807, 2.05) is 30.3 Å². The summed E-state index contributed by atoms with van der Waals surface area (Å²) < 4.78 is 5.55. The van der Waals surface area contributed by atoms with Crippen LogP contribution >= 0.6 is 0 Å². The van der Waals surface area contributed by atoms with Crippen LogP contribution in [0.5, 0.6) is 0 Å². The first-order valence-electron chi connectivity index (χ1n) is 7.61. The molecule has 0 aromatic heterocycles. The summed E-state index contributed by atoms with van der Waals surface area (Å²) in [4.78, 5) is 11.7. The number of carbonyl (C=O) groups excluding carboxylic acids is 1. The molecule has 4 heteroatoms. The zero-order chi connectivity index (χ0) is 15.6. The van der Waals surface area contributed by atoms with Crippen LogP contribution in [0, 0.1) is 11.8 Å². The van der Waals surface area contributed by atoms with Gasteiger partial charge in [-0.2, -0.15) is 0 Å². The number of ether oxygens (including phenoxy) is 1. The molecule has 0 amide bonds.